The number of carboxylic acids is 1. The predicted octanol–water partition coefficient (Wildman–Crippen LogP) is 4.06. The van der Waals surface area contributed by atoms with E-state index in [0.29, 0.717) is 18.9 Å². The fraction of sp³-hybridized carbons (Fsp3) is 0.333. The van der Waals surface area contributed by atoms with Gasteiger partial charge in [0, 0.05) is 48.6 Å². The Labute approximate surface area is 173 Å². The standard InChI is InChI=1S/C21H21FN2O3.BrH/c22-16-3-4-17-18(12-16)27-13-15-2-1-8-23-21(15)20(17)14-5-9-24(10-6-14)11-7-19(25)26;/h1-4,8,12H,5-7,9-11,13H2,(H,25,26);1H. The van der Waals surface area contributed by atoms with Crippen LogP contribution in [-0.4, -0.2) is 40.6 Å². The van der Waals surface area contributed by atoms with Crippen molar-refractivity contribution in [3.05, 3.63) is 64.7 Å². The Hall–Kier alpha value is -2.25. The predicted molar refractivity (Wildman–Crippen MR) is 109 cm³/mol. The third-order valence-electron chi connectivity index (χ3n) is 5.18. The zero-order chi connectivity index (χ0) is 18.8. The zero-order valence-corrected chi connectivity index (χ0v) is 17.1. The molecule has 0 atom stereocenters. The van der Waals surface area contributed by atoms with Gasteiger partial charge in [-0.3, -0.25) is 9.78 Å². The summed E-state index contributed by atoms with van der Waals surface area (Å²) in [6.45, 7) is 2.55. The maximum absolute atomic E-state index is 13.8. The highest BCUT2D eigenvalue weighted by Crippen LogP contribution is 2.40. The second-order valence-corrected chi connectivity index (χ2v) is 6.90. The van der Waals surface area contributed by atoms with E-state index in [1.807, 2.05) is 12.1 Å². The topological polar surface area (TPSA) is 62.7 Å². The molecule has 1 aromatic heterocycles. The number of halogens is 2. The first-order chi connectivity index (χ1) is 13.1. The first-order valence-corrected chi connectivity index (χ1v) is 9.15. The third-order valence-corrected chi connectivity index (χ3v) is 5.18. The largest absolute Gasteiger partial charge is 0.488 e. The van der Waals surface area contributed by atoms with Crippen molar-refractivity contribution in [1.29, 1.82) is 0 Å². The SMILES string of the molecule is Br.O=C(O)CCN1CCC(=C2c3ccc(F)cc3OCc3cccnc32)CC1. The van der Waals surface area contributed by atoms with Crippen LogP contribution in [0.1, 0.15) is 36.1 Å². The number of hydrogen-bond acceptors (Lipinski definition) is 4. The van der Waals surface area contributed by atoms with Crippen LogP contribution in [0, 0.1) is 5.82 Å². The van der Waals surface area contributed by atoms with E-state index < -0.39 is 5.97 Å². The van der Waals surface area contributed by atoms with Crippen LogP contribution in [0.5, 0.6) is 5.75 Å². The highest BCUT2D eigenvalue weighted by molar-refractivity contribution is 8.93. The van der Waals surface area contributed by atoms with Crippen molar-refractivity contribution in [2.24, 2.45) is 0 Å². The molecule has 0 saturated carbocycles. The van der Waals surface area contributed by atoms with E-state index in [1.165, 1.54) is 17.7 Å². The Kier molecular flexibility index (Phi) is 6.46. The Morgan fingerprint density at radius 1 is 1.25 bits per heavy atom. The lowest BCUT2D eigenvalue weighted by atomic mass is 9.89. The summed E-state index contributed by atoms with van der Waals surface area (Å²) in [6, 6.07) is 8.54. The van der Waals surface area contributed by atoms with Gasteiger partial charge in [-0.2, -0.15) is 0 Å². The van der Waals surface area contributed by atoms with Crippen molar-refractivity contribution < 1.29 is 19.0 Å². The lowest BCUT2D eigenvalue weighted by Gasteiger charge is -2.29. The number of piperidine rings is 1. The number of likely N-dealkylation sites (tertiary alicyclic amines) is 1. The monoisotopic (exact) mass is 448 g/mol. The third kappa shape index (κ3) is 4.25. The molecule has 2 aliphatic rings. The van der Waals surface area contributed by atoms with Crippen LogP contribution in [0.2, 0.25) is 0 Å². The summed E-state index contributed by atoms with van der Waals surface area (Å²) >= 11 is 0. The second kappa shape index (κ2) is 8.84. The van der Waals surface area contributed by atoms with Crippen molar-refractivity contribution in [2.45, 2.75) is 25.9 Å². The summed E-state index contributed by atoms with van der Waals surface area (Å²) < 4.78 is 19.6. The molecule has 0 unspecified atom stereocenters. The van der Waals surface area contributed by atoms with Gasteiger partial charge in [0.15, 0.2) is 0 Å². The minimum atomic E-state index is -0.769. The van der Waals surface area contributed by atoms with Crippen molar-refractivity contribution in [1.82, 2.24) is 9.88 Å². The summed E-state index contributed by atoms with van der Waals surface area (Å²) in [6.07, 6.45) is 3.60. The number of benzene rings is 1. The average molecular weight is 449 g/mol. The van der Waals surface area contributed by atoms with Gasteiger partial charge in [0.1, 0.15) is 18.2 Å². The molecule has 2 aromatic rings. The number of aliphatic carboxylic acids is 1. The van der Waals surface area contributed by atoms with Gasteiger partial charge in [0.25, 0.3) is 0 Å². The molecule has 1 fully saturated rings. The number of carboxylic acid groups (broad SMARTS) is 1. The fourth-order valence-electron chi connectivity index (χ4n) is 3.79. The quantitative estimate of drug-likeness (QED) is 0.766. The van der Waals surface area contributed by atoms with Crippen LogP contribution in [0.25, 0.3) is 5.57 Å². The van der Waals surface area contributed by atoms with E-state index in [2.05, 4.69) is 9.88 Å². The molecule has 5 nitrogen and oxygen atoms in total. The van der Waals surface area contributed by atoms with Gasteiger partial charge in [-0.15, -0.1) is 17.0 Å². The molecule has 28 heavy (non-hydrogen) atoms. The van der Waals surface area contributed by atoms with Crippen LogP contribution in [0.4, 0.5) is 4.39 Å². The highest BCUT2D eigenvalue weighted by Gasteiger charge is 2.26. The first kappa shape index (κ1) is 20.5. The van der Waals surface area contributed by atoms with Gasteiger partial charge in [0.05, 0.1) is 12.1 Å². The molecule has 2 aliphatic heterocycles. The van der Waals surface area contributed by atoms with Crippen molar-refractivity contribution in [2.75, 3.05) is 19.6 Å². The number of fused-ring (bicyclic) bond motifs is 2. The van der Waals surface area contributed by atoms with Crippen molar-refractivity contribution in [3.63, 3.8) is 0 Å². The average Bonchev–Trinajstić information content (AvgIpc) is 2.83. The fourth-order valence-corrected chi connectivity index (χ4v) is 3.79. The summed E-state index contributed by atoms with van der Waals surface area (Å²) in [5, 5.41) is 8.88. The molecule has 0 radical (unpaired) electrons. The van der Waals surface area contributed by atoms with Gasteiger partial charge in [0.2, 0.25) is 0 Å². The van der Waals surface area contributed by atoms with E-state index in [1.54, 1.807) is 12.3 Å². The van der Waals surface area contributed by atoms with Crippen molar-refractivity contribution in [3.8, 4) is 5.75 Å². The van der Waals surface area contributed by atoms with Gasteiger partial charge in [-0.1, -0.05) is 11.6 Å². The number of pyridine rings is 1. The highest BCUT2D eigenvalue weighted by atomic mass is 79.9. The van der Waals surface area contributed by atoms with Crippen LogP contribution in [0.3, 0.4) is 0 Å². The normalized spacial score (nSPS) is 16.3. The second-order valence-electron chi connectivity index (χ2n) is 6.90. The number of hydrogen-bond donors (Lipinski definition) is 1. The lowest BCUT2D eigenvalue weighted by molar-refractivity contribution is -0.137. The Morgan fingerprint density at radius 2 is 2.04 bits per heavy atom. The maximum atomic E-state index is 13.8. The number of aromatic nitrogens is 1. The smallest absolute Gasteiger partial charge is 0.304 e. The molecule has 4 rings (SSSR count). The van der Waals surface area contributed by atoms with Gasteiger partial charge in [-0.25, -0.2) is 4.39 Å². The molecule has 1 saturated heterocycles. The molecular formula is C21H22BrFN2O3. The molecule has 0 amide bonds. The number of ether oxygens (including phenoxy) is 1. The molecule has 3 heterocycles. The Balaban J connectivity index is 0.00000225. The molecule has 1 N–H and O–H groups in total. The zero-order valence-electron chi connectivity index (χ0n) is 15.4. The van der Waals surface area contributed by atoms with Crippen LogP contribution >= 0.6 is 17.0 Å². The Morgan fingerprint density at radius 3 is 2.79 bits per heavy atom. The maximum Gasteiger partial charge on any atom is 0.304 e. The summed E-state index contributed by atoms with van der Waals surface area (Å²) in [5.41, 5.74) is 5.07. The van der Waals surface area contributed by atoms with E-state index in [0.717, 1.165) is 48.3 Å². The minimum absolute atomic E-state index is 0. The summed E-state index contributed by atoms with van der Waals surface area (Å²) in [7, 11) is 0. The lowest BCUT2D eigenvalue weighted by Crippen LogP contribution is -2.33. The van der Waals surface area contributed by atoms with Crippen LogP contribution < -0.4 is 4.74 Å². The molecule has 0 spiro atoms. The Bertz CT molecular complexity index is 906. The molecular weight excluding hydrogens is 427 g/mol. The number of rotatable bonds is 3. The molecule has 0 aliphatic carbocycles. The molecule has 0 bridgehead atoms. The molecule has 7 heteroatoms. The van der Waals surface area contributed by atoms with Gasteiger partial charge in [-0.05, 0) is 31.0 Å². The van der Waals surface area contributed by atoms with E-state index >= 15 is 0 Å². The van der Waals surface area contributed by atoms with E-state index in [9.17, 15) is 9.18 Å². The number of carbonyl (C=O) groups is 1. The minimum Gasteiger partial charge on any atom is -0.488 e. The molecule has 1 aromatic carbocycles. The number of nitrogens with zero attached hydrogens (tertiary/aromatic N) is 2. The van der Waals surface area contributed by atoms with Crippen LogP contribution in [0.15, 0.2) is 42.1 Å². The van der Waals surface area contributed by atoms with Gasteiger partial charge >= 0.3 is 5.97 Å². The molecule has 148 valence electrons. The summed E-state index contributed by atoms with van der Waals surface area (Å²) in [4.78, 5) is 17.6. The first-order valence-electron chi connectivity index (χ1n) is 9.15. The van der Waals surface area contributed by atoms with Crippen molar-refractivity contribution >= 4 is 28.5 Å². The van der Waals surface area contributed by atoms with E-state index in [-0.39, 0.29) is 29.2 Å². The van der Waals surface area contributed by atoms with E-state index in [4.69, 9.17) is 9.84 Å². The van der Waals surface area contributed by atoms with Crippen LogP contribution in [-0.2, 0) is 11.4 Å². The summed E-state index contributed by atoms with van der Waals surface area (Å²) in [5.74, 6) is -0.543. The van der Waals surface area contributed by atoms with Gasteiger partial charge < -0.3 is 14.7 Å².